The van der Waals surface area contributed by atoms with Gasteiger partial charge in [-0.25, -0.2) is 4.79 Å². The minimum Gasteiger partial charge on any atom is -0.444 e. The van der Waals surface area contributed by atoms with Crippen LogP contribution in [0.25, 0.3) is 0 Å². The molecule has 0 aliphatic heterocycles. The maximum Gasteiger partial charge on any atom is 0.488 e. The molecule has 1 amide bonds. The molecule has 0 saturated heterocycles. The molecule has 8 heteroatoms. The molecule has 0 aliphatic rings. The molecule has 0 spiro atoms. The highest BCUT2D eigenvalue weighted by Gasteiger charge is 2.21. The number of hydrogen-bond donors (Lipinski definition) is 0. The Morgan fingerprint density at radius 2 is 1.86 bits per heavy atom. The smallest absolute Gasteiger partial charge is 0.444 e. The molecule has 0 aromatic heterocycles. The zero-order chi connectivity index (χ0) is 16.3. The molecule has 1 aromatic carbocycles. The van der Waals surface area contributed by atoms with Crippen molar-refractivity contribution < 1.29 is 26.0 Å². The molecule has 0 radical (unpaired) electrons. The van der Waals surface area contributed by atoms with E-state index in [-0.39, 0.29) is 12.3 Å². The topological polar surface area (TPSA) is 72.9 Å². The molecule has 0 heterocycles. The molecule has 1 aromatic rings. The summed E-state index contributed by atoms with van der Waals surface area (Å²) in [4.78, 5) is 13.1. The number of carbonyl (C=O) groups excluding carboxylic acids is 1. The molecule has 0 atom stereocenters. The van der Waals surface area contributed by atoms with Crippen molar-refractivity contribution in [2.75, 3.05) is 7.05 Å². The van der Waals surface area contributed by atoms with E-state index in [4.69, 9.17) is 4.74 Å². The molecule has 1 rings (SSSR count). The molecular weight excluding hydrogens is 301 g/mol. The van der Waals surface area contributed by atoms with Crippen LogP contribution >= 0.6 is 0 Å². The third-order valence-corrected chi connectivity index (χ3v) is 2.65. The van der Waals surface area contributed by atoms with Crippen molar-refractivity contribution in [2.45, 2.75) is 32.9 Å². The number of hydrogen-bond acceptors (Lipinski definition) is 5. The molecule has 0 N–H and O–H groups in total. The number of para-hydroxylation sites is 1. The largest absolute Gasteiger partial charge is 0.488 e. The van der Waals surface area contributed by atoms with E-state index in [0.717, 1.165) is 0 Å². The highest BCUT2D eigenvalue weighted by molar-refractivity contribution is 7.81. The van der Waals surface area contributed by atoms with Gasteiger partial charge in [0.1, 0.15) is 11.4 Å². The van der Waals surface area contributed by atoms with Crippen LogP contribution in [-0.2, 0) is 21.8 Å². The van der Waals surface area contributed by atoms with Crippen LogP contribution in [-0.4, -0.2) is 32.1 Å². The van der Waals surface area contributed by atoms with Crippen LogP contribution in [0.3, 0.4) is 0 Å². The fraction of sp³-hybridized carbons (Fsp3) is 0.462. The molecule has 0 aliphatic carbocycles. The van der Waals surface area contributed by atoms with E-state index in [9.17, 15) is 17.1 Å². The van der Waals surface area contributed by atoms with Gasteiger partial charge in [-0.1, -0.05) is 22.1 Å². The number of rotatable bonds is 4. The van der Waals surface area contributed by atoms with Crippen LogP contribution in [0.2, 0.25) is 0 Å². The molecule has 0 bridgehead atoms. The van der Waals surface area contributed by atoms with Gasteiger partial charge in [0, 0.05) is 12.6 Å². The van der Waals surface area contributed by atoms with Gasteiger partial charge in [-0.3, -0.25) is 0 Å². The van der Waals surface area contributed by atoms with Gasteiger partial charge in [0.15, 0.2) is 0 Å². The molecule has 21 heavy (non-hydrogen) atoms. The van der Waals surface area contributed by atoms with Crippen molar-refractivity contribution in [1.29, 1.82) is 0 Å². The molecule has 118 valence electrons. The van der Waals surface area contributed by atoms with Crippen LogP contribution in [0.15, 0.2) is 24.3 Å². The van der Waals surface area contributed by atoms with E-state index in [1.54, 1.807) is 26.8 Å². The van der Waals surface area contributed by atoms with Crippen molar-refractivity contribution in [1.82, 2.24) is 4.90 Å². The van der Waals surface area contributed by atoms with Crippen LogP contribution in [0.1, 0.15) is 26.3 Å². The predicted octanol–water partition coefficient (Wildman–Crippen LogP) is 2.65. The second-order valence-electron chi connectivity index (χ2n) is 5.42. The third-order valence-electron chi connectivity index (χ3n) is 2.27. The van der Waals surface area contributed by atoms with Gasteiger partial charge in [0.05, 0.1) is 6.54 Å². The van der Waals surface area contributed by atoms with Crippen LogP contribution in [0, 0.1) is 0 Å². The maximum absolute atomic E-state index is 12.6. The lowest BCUT2D eigenvalue weighted by atomic mass is 10.2. The first-order valence-corrected chi connectivity index (χ1v) is 7.45. The summed E-state index contributed by atoms with van der Waals surface area (Å²) in [5.74, 6) is -0.171. The summed E-state index contributed by atoms with van der Waals surface area (Å²) in [6, 6.07) is 5.95. The zero-order valence-corrected chi connectivity index (χ0v) is 13.1. The number of ether oxygens (including phenoxy) is 1. The Hall–Kier alpha value is -1.83. The lowest BCUT2D eigenvalue weighted by Crippen LogP contribution is -2.33. The van der Waals surface area contributed by atoms with Crippen molar-refractivity contribution in [3.63, 3.8) is 0 Å². The van der Waals surface area contributed by atoms with Gasteiger partial charge in [0.25, 0.3) is 0 Å². The van der Waals surface area contributed by atoms with E-state index in [1.165, 1.54) is 30.1 Å². The first-order chi connectivity index (χ1) is 9.48. The Morgan fingerprint density at radius 1 is 1.29 bits per heavy atom. The van der Waals surface area contributed by atoms with Gasteiger partial charge < -0.3 is 13.8 Å². The van der Waals surface area contributed by atoms with Crippen molar-refractivity contribution in [3.05, 3.63) is 29.8 Å². The Bertz CT molecular complexity index is 609. The van der Waals surface area contributed by atoms with Crippen molar-refractivity contribution in [3.8, 4) is 5.75 Å². The average Bonchev–Trinajstić information content (AvgIpc) is 2.27. The fourth-order valence-electron chi connectivity index (χ4n) is 1.48. The lowest BCUT2D eigenvalue weighted by molar-refractivity contribution is 0.0284. The van der Waals surface area contributed by atoms with Crippen molar-refractivity contribution >= 4 is 16.6 Å². The van der Waals surface area contributed by atoms with Crippen molar-refractivity contribution in [2.24, 2.45) is 0 Å². The molecular formula is C13H18FNO5S. The third kappa shape index (κ3) is 6.44. The molecule has 0 unspecified atom stereocenters. The van der Waals surface area contributed by atoms with Gasteiger partial charge in [-0.05, 0) is 26.8 Å². The SMILES string of the molecule is CN(Cc1ccccc1OS(=O)(=O)F)C(=O)OC(C)(C)C. The highest BCUT2D eigenvalue weighted by Crippen LogP contribution is 2.22. The van der Waals surface area contributed by atoms with Gasteiger partial charge in [-0.15, -0.1) is 0 Å². The molecule has 6 nitrogen and oxygen atoms in total. The molecule has 0 fully saturated rings. The summed E-state index contributed by atoms with van der Waals surface area (Å²) in [7, 11) is -3.64. The summed E-state index contributed by atoms with van der Waals surface area (Å²) < 4.78 is 43.2. The number of amides is 1. The summed E-state index contributed by atoms with van der Waals surface area (Å²) in [6.07, 6.45) is -0.583. The van der Waals surface area contributed by atoms with Gasteiger partial charge in [-0.2, -0.15) is 8.42 Å². The standard InChI is InChI=1S/C13H18FNO5S/c1-13(2,3)19-12(16)15(4)9-10-7-5-6-8-11(10)20-21(14,17)18/h5-8H,9H2,1-4H3. The van der Waals surface area contributed by atoms with Gasteiger partial charge >= 0.3 is 16.6 Å². The van der Waals surface area contributed by atoms with Crippen LogP contribution < -0.4 is 4.18 Å². The second kappa shape index (κ2) is 6.30. The normalized spacial score (nSPS) is 11.9. The number of halogens is 1. The quantitative estimate of drug-likeness (QED) is 0.798. The van der Waals surface area contributed by atoms with E-state index >= 15 is 0 Å². The fourth-order valence-corrected chi connectivity index (χ4v) is 1.86. The maximum atomic E-state index is 12.6. The summed E-state index contributed by atoms with van der Waals surface area (Å²) in [6.45, 7) is 5.20. The number of carbonyl (C=O) groups is 1. The second-order valence-corrected chi connectivity index (χ2v) is 6.37. The monoisotopic (exact) mass is 319 g/mol. The predicted molar refractivity (Wildman–Crippen MR) is 74.8 cm³/mol. The van der Waals surface area contributed by atoms with E-state index < -0.39 is 22.2 Å². The Morgan fingerprint density at radius 3 is 2.38 bits per heavy atom. The first kappa shape index (κ1) is 17.2. The summed E-state index contributed by atoms with van der Waals surface area (Å²) >= 11 is 0. The highest BCUT2D eigenvalue weighted by atomic mass is 32.3. The minimum atomic E-state index is -5.12. The lowest BCUT2D eigenvalue weighted by Gasteiger charge is -2.25. The van der Waals surface area contributed by atoms with Gasteiger partial charge in [0.2, 0.25) is 0 Å². The van der Waals surface area contributed by atoms with E-state index in [0.29, 0.717) is 5.56 Å². The first-order valence-electron chi connectivity index (χ1n) is 6.14. The van der Waals surface area contributed by atoms with E-state index in [2.05, 4.69) is 4.18 Å². The Balaban J connectivity index is 2.86. The summed E-state index contributed by atoms with van der Waals surface area (Å²) in [5.41, 5.74) is -0.309. The van der Waals surface area contributed by atoms with Crippen LogP contribution in [0.4, 0.5) is 8.68 Å². The summed E-state index contributed by atoms with van der Waals surface area (Å²) in [5, 5.41) is 0. The Kier molecular flexibility index (Phi) is 5.16. The average molecular weight is 319 g/mol. The minimum absolute atomic E-state index is 0.0145. The Labute approximate surface area is 123 Å². The zero-order valence-electron chi connectivity index (χ0n) is 12.3. The molecule has 0 saturated carbocycles. The number of nitrogens with zero attached hydrogens (tertiary/aromatic N) is 1. The van der Waals surface area contributed by atoms with Crippen LogP contribution in [0.5, 0.6) is 5.75 Å². The number of benzene rings is 1. The van der Waals surface area contributed by atoms with E-state index in [1.807, 2.05) is 0 Å².